The average molecular weight is 478 g/mol. The van der Waals surface area contributed by atoms with Crippen LogP contribution >= 0.6 is 24.0 Å². The van der Waals surface area contributed by atoms with Crippen molar-refractivity contribution in [3.63, 3.8) is 0 Å². The highest BCUT2D eigenvalue weighted by Gasteiger charge is 2.02. The molecule has 0 radical (unpaired) electrons. The third kappa shape index (κ3) is 11.7. The van der Waals surface area contributed by atoms with Gasteiger partial charge in [-0.25, -0.2) is 4.39 Å². The molecule has 0 aromatic heterocycles. The van der Waals surface area contributed by atoms with Crippen LogP contribution in [0.1, 0.15) is 43.2 Å². The number of nitrogens with zero attached hydrogens (tertiary/aromatic N) is 2. The van der Waals surface area contributed by atoms with Crippen LogP contribution in [0.15, 0.2) is 23.2 Å². The van der Waals surface area contributed by atoms with Crippen LogP contribution in [0.3, 0.4) is 0 Å². The maximum atomic E-state index is 13.1. The summed E-state index contributed by atoms with van der Waals surface area (Å²) in [6.07, 6.45) is 7.17. The van der Waals surface area contributed by atoms with Crippen molar-refractivity contribution in [3.8, 4) is 0 Å². The van der Waals surface area contributed by atoms with E-state index in [1.807, 2.05) is 13.0 Å². The minimum Gasteiger partial charge on any atom is -0.356 e. The lowest BCUT2D eigenvalue weighted by atomic mass is 10.1. The molecule has 0 spiro atoms. The summed E-state index contributed by atoms with van der Waals surface area (Å²) in [7, 11) is 6.04. The van der Waals surface area contributed by atoms with Gasteiger partial charge in [-0.05, 0) is 70.1 Å². The van der Waals surface area contributed by atoms with Crippen LogP contribution < -0.4 is 10.6 Å². The molecular formula is C20H36FIN4. The Hall–Kier alpha value is -0.890. The van der Waals surface area contributed by atoms with Crippen LogP contribution in [-0.2, 0) is 6.42 Å². The van der Waals surface area contributed by atoms with E-state index in [1.54, 1.807) is 13.1 Å². The third-order valence-electron chi connectivity index (χ3n) is 4.29. The summed E-state index contributed by atoms with van der Waals surface area (Å²) in [5, 5.41) is 6.68. The minimum atomic E-state index is -0.173. The fourth-order valence-electron chi connectivity index (χ4n) is 2.77. The molecule has 1 rings (SSSR count). The molecule has 0 aliphatic carbocycles. The van der Waals surface area contributed by atoms with Gasteiger partial charge in [-0.2, -0.15) is 0 Å². The highest BCUT2D eigenvalue weighted by molar-refractivity contribution is 14.0. The van der Waals surface area contributed by atoms with E-state index in [1.165, 1.54) is 50.3 Å². The standard InChI is InChI=1S/C20H35FN4.HI/c1-17-16-19(21)11-10-18(17)12-14-24-20(22-2)23-13-8-6-5-7-9-15-25(3)4;/h10-11,16H,5-9,12-15H2,1-4H3,(H2,22,23,24);1H. The van der Waals surface area contributed by atoms with Gasteiger partial charge in [0.2, 0.25) is 0 Å². The van der Waals surface area contributed by atoms with Gasteiger partial charge in [0.15, 0.2) is 5.96 Å². The molecular weight excluding hydrogens is 442 g/mol. The van der Waals surface area contributed by atoms with Gasteiger partial charge in [0.25, 0.3) is 0 Å². The van der Waals surface area contributed by atoms with Crippen LogP contribution in [0.2, 0.25) is 0 Å². The van der Waals surface area contributed by atoms with Crippen LogP contribution in [-0.4, -0.2) is 51.6 Å². The molecule has 0 heterocycles. The molecule has 1 aromatic rings. The Labute approximate surface area is 176 Å². The van der Waals surface area contributed by atoms with Crippen molar-refractivity contribution in [1.29, 1.82) is 0 Å². The van der Waals surface area contributed by atoms with Crippen molar-refractivity contribution in [2.24, 2.45) is 4.99 Å². The number of unbranched alkanes of at least 4 members (excludes halogenated alkanes) is 4. The quantitative estimate of drug-likeness (QED) is 0.219. The summed E-state index contributed by atoms with van der Waals surface area (Å²) < 4.78 is 13.1. The first kappa shape index (κ1) is 25.1. The fraction of sp³-hybridized carbons (Fsp3) is 0.650. The number of guanidine groups is 1. The second-order valence-corrected chi connectivity index (χ2v) is 6.82. The largest absolute Gasteiger partial charge is 0.356 e. The Morgan fingerprint density at radius 1 is 1.04 bits per heavy atom. The Morgan fingerprint density at radius 3 is 2.35 bits per heavy atom. The number of hydrogen-bond acceptors (Lipinski definition) is 2. The zero-order valence-corrected chi connectivity index (χ0v) is 19.1. The molecule has 0 fully saturated rings. The van der Waals surface area contributed by atoms with Gasteiger partial charge in [0.05, 0.1) is 0 Å². The number of aliphatic imine (C=N–C) groups is 1. The van der Waals surface area contributed by atoms with E-state index < -0.39 is 0 Å². The first-order valence-electron chi connectivity index (χ1n) is 9.37. The number of benzene rings is 1. The summed E-state index contributed by atoms with van der Waals surface area (Å²) in [5.74, 6) is 0.667. The first-order chi connectivity index (χ1) is 12.0. The van der Waals surface area contributed by atoms with E-state index in [2.05, 4.69) is 34.6 Å². The van der Waals surface area contributed by atoms with E-state index in [9.17, 15) is 4.39 Å². The molecule has 0 atom stereocenters. The lowest BCUT2D eigenvalue weighted by Crippen LogP contribution is -2.38. The summed E-state index contributed by atoms with van der Waals surface area (Å²) in [6.45, 7) is 4.87. The highest BCUT2D eigenvalue weighted by atomic mass is 127. The van der Waals surface area contributed by atoms with Gasteiger partial charge in [0.1, 0.15) is 5.82 Å². The van der Waals surface area contributed by atoms with Crippen LogP contribution in [0.25, 0.3) is 0 Å². The highest BCUT2D eigenvalue weighted by Crippen LogP contribution is 2.10. The van der Waals surface area contributed by atoms with E-state index in [4.69, 9.17) is 0 Å². The Morgan fingerprint density at radius 2 is 1.69 bits per heavy atom. The van der Waals surface area contributed by atoms with Crippen molar-refractivity contribution in [2.45, 2.75) is 45.4 Å². The fourth-order valence-corrected chi connectivity index (χ4v) is 2.77. The topological polar surface area (TPSA) is 39.7 Å². The van der Waals surface area contributed by atoms with Gasteiger partial charge in [0, 0.05) is 20.1 Å². The molecule has 4 nitrogen and oxygen atoms in total. The number of aryl methyl sites for hydroxylation is 1. The number of rotatable bonds is 11. The summed E-state index contributed by atoms with van der Waals surface area (Å²) >= 11 is 0. The number of hydrogen-bond donors (Lipinski definition) is 2. The maximum Gasteiger partial charge on any atom is 0.190 e. The first-order valence-corrected chi connectivity index (χ1v) is 9.37. The molecule has 6 heteroatoms. The average Bonchev–Trinajstić information content (AvgIpc) is 2.57. The molecule has 0 amide bonds. The van der Waals surface area contributed by atoms with E-state index >= 15 is 0 Å². The minimum absolute atomic E-state index is 0. The molecule has 0 bridgehead atoms. The van der Waals surface area contributed by atoms with Gasteiger partial charge >= 0.3 is 0 Å². The van der Waals surface area contributed by atoms with Crippen molar-refractivity contribution in [1.82, 2.24) is 15.5 Å². The molecule has 0 unspecified atom stereocenters. The monoisotopic (exact) mass is 478 g/mol. The predicted molar refractivity (Wildman–Crippen MR) is 121 cm³/mol. The van der Waals surface area contributed by atoms with E-state index in [0.29, 0.717) is 0 Å². The predicted octanol–water partition coefficient (Wildman–Crippen LogP) is 3.97. The van der Waals surface area contributed by atoms with Crippen LogP contribution in [0.5, 0.6) is 0 Å². The second-order valence-electron chi connectivity index (χ2n) is 6.82. The molecule has 26 heavy (non-hydrogen) atoms. The molecule has 0 saturated heterocycles. The Bertz CT molecular complexity index is 521. The van der Waals surface area contributed by atoms with Gasteiger partial charge < -0.3 is 15.5 Å². The zero-order chi connectivity index (χ0) is 18.5. The van der Waals surface area contributed by atoms with E-state index in [-0.39, 0.29) is 29.8 Å². The third-order valence-corrected chi connectivity index (χ3v) is 4.29. The molecule has 1 aromatic carbocycles. The molecule has 0 aliphatic heterocycles. The van der Waals surface area contributed by atoms with Crippen molar-refractivity contribution in [2.75, 3.05) is 40.8 Å². The smallest absolute Gasteiger partial charge is 0.190 e. The maximum absolute atomic E-state index is 13.1. The Kier molecular flexibility index (Phi) is 14.7. The lowest BCUT2D eigenvalue weighted by Gasteiger charge is -2.13. The van der Waals surface area contributed by atoms with Gasteiger partial charge in [-0.1, -0.05) is 25.3 Å². The Balaban J connectivity index is 0.00000625. The molecule has 0 aliphatic rings. The summed E-state index contributed by atoms with van der Waals surface area (Å²) in [6, 6.07) is 4.97. The SMILES string of the molecule is CN=C(NCCCCCCCN(C)C)NCCc1ccc(F)cc1C.I. The van der Waals surface area contributed by atoms with Crippen molar-refractivity contribution < 1.29 is 4.39 Å². The zero-order valence-electron chi connectivity index (χ0n) is 16.8. The van der Waals surface area contributed by atoms with Gasteiger partial charge in [-0.15, -0.1) is 24.0 Å². The normalized spacial score (nSPS) is 11.4. The summed E-state index contributed by atoms with van der Waals surface area (Å²) in [4.78, 5) is 6.49. The van der Waals surface area contributed by atoms with Gasteiger partial charge in [-0.3, -0.25) is 4.99 Å². The molecule has 150 valence electrons. The molecule has 0 saturated carbocycles. The molecule has 2 N–H and O–H groups in total. The number of halogens is 2. The summed E-state index contributed by atoms with van der Waals surface area (Å²) in [5.41, 5.74) is 2.17. The van der Waals surface area contributed by atoms with Crippen molar-refractivity contribution in [3.05, 3.63) is 35.1 Å². The van der Waals surface area contributed by atoms with Crippen LogP contribution in [0, 0.1) is 12.7 Å². The number of nitrogens with one attached hydrogen (secondary N) is 2. The van der Waals surface area contributed by atoms with E-state index in [0.717, 1.165) is 31.0 Å². The van der Waals surface area contributed by atoms with Crippen LogP contribution in [0.4, 0.5) is 4.39 Å². The second kappa shape index (κ2) is 15.2. The lowest BCUT2D eigenvalue weighted by molar-refractivity contribution is 0.389. The van der Waals surface area contributed by atoms with Crippen molar-refractivity contribution >= 4 is 29.9 Å².